The van der Waals surface area contributed by atoms with Gasteiger partial charge in [-0.15, -0.1) is 0 Å². The van der Waals surface area contributed by atoms with E-state index in [4.69, 9.17) is 5.73 Å². The first-order chi connectivity index (χ1) is 7.11. The van der Waals surface area contributed by atoms with E-state index in [1.54, 1.807) is 0 Å². The van der Waals surface area contributed by atoms with E-state index in [9.17, 15) is 4.79 Å². The van der Waals surface area contributed by atoms with Gasteiger partial charge in [-0.05, 0) is 48.1 Å². The predicted molar refractivity (Wildman–Crippen MR) is 69.8 cm³/mol. The number of hydrogen-bond donors (Lipinski definition) is 2. The van der Waals surface area contributed by atoms with E-state index in [-0.39, 0.29) is 11.9 Å². The summed E-state index contributed by atoms with van der Waals surface area (Å²) < 4.78 is 0.966. The van der Waals surface area contributed by atoms with Crippen molar-refractivity contribution in [2.45, 2.75) is 19.4 Å². The smallest absolute Gasteiger partial charge is 0.252 e. The van der Waals surface area contributed by atoms with Gasteiger partial charge in [0.2, 0.25) is 0 Å². The van der Waals surface area contributed by atoms with Crippen LogP contribution >= 0.6 is 22.6 Å². The van der Waals surface area contributed by atoms with Gasteiger partial charge in [-0.3, -0.25) is 4.79 Å². The normalized spacial score (nSPS) is 12.2. The standard InChI is InChI=1S/C11H15IN2O/c1-8(13)6-7-14-11(15)9-4-2-3-5-10(9)12/h2-5,8H,6-7,13H2,1H3,(H,14,15). The van der Waals surface area contributed by atoms with Gasteiger partial charge in [0.1, 0.15) is 0 Å². The molecule has 0 aromatic heterocycles. The molecule has 1 rings (SSSR count). The van der Waals surface area contributed by atoms with E-state index in [2.05, 4.69) is 27.9 Å². The average molecular weight is 318 g/mol. The Labute approximate surface area is 104 Å². The quantitative estimate of drug-likeness (QED) is 0.831. The second kappa shape index (κ2) is 6.07. The largest absolute Gasteiger partial charge is 0.352 e. The Morgan fingerprint density at radius 1 is 1.53 bits per heavy atom. The first-order valence-corrected chi connectivity index (χ1v) is 5.97. The number of halogens is 1. The molecule has 1 aromatic carbocycles. The second-order valence-corrected chi connectivity index (χ2v) is 4.66. The first kappa shape index (κ1) is 12.4. The summed E-state index contributed by atoms with van der Waals surface area (Å²) in [5, 5.41) is 2.85. The zero-order chi connectivity index (χ0) is 11.3. The minimum atomic E-state index is -0.0272. The zero-order valence-electron chi connectivity index (χ0n) is 8.66. The number of rotatable bonds is 4. The van der Waals surface area contributed by atoms with Gasteiger partial charge in [-0.1, -0.05) is 12.1 Å². The highest BCUT2D eigenvalue weighted by Gasteiger charge is 2.07. The van der Waals surface area contributed by atoms with Gasteiger partial charge in [-0.2, -0.15) is 0 Å². The highest BCUT2D eigenvalue weighted by atomic mass is 127. The molecule has 0 aliphatic heterocycles. The van der Waals surface area contributed by atoms with Crippen LogP contribution in [0.5, 0.6) is 0 Å². The maximum absolute atomic E-state index is 11.7. The topological polar surface area (TPSA) is 55.1 Å². The SMILES string of the molecule is CC(N)CCNC(=O)c1ccccc1I. The van der Waals surface area contributed by atoms with E-state index in [1.165, 1.54) is 0 Å². The minimum absolute atomic E-state index is 0.0272. The molecule has 3 N–H and O–H groups in total. The molecule has 1 amide bonds. The Hall–Kier alpha value is -0.620. The van der Waals surface area contributed by atoms with Crippen molar-refractivity contribution in [3.63, 3.8) is 0 Å². The number of carbonyl (C=O) groups excluding carboxylic acids is 1. The highest BCUT2D eigenvalue weighted by Crippen LogP contribution is 2.10. The Morgan fingerprint density at radius 3 is 2.80 bits per heavy atom. The van der Waals surface area contributed by atoms with Gasteiger partial charge in [0.15, 0.2) is 0 Å². The van der Waals surface area contributed by atoms with Crippen molar-refractivity contribution in [1.29, 1.82) is 0 Å². The summed E-state index contributed by atoms with van der Waals surface area (Å²) in [7, 11) is 0. The van der Waals surface area contributed by atoms with E-state index >= 15 is 0 Å². The summed E-state index contributed by atoms with van der Waals surface area (Å²) in [6.07, 6.45) is 0.801. The van der Waals surface area contributed by atoms with Crippen LogP contribution in [0.1, 0.15) is 23.7 Å². The van der Waals surface area contributed by atoms with Crippen LogP contribution in [0.4, 0.5) is 0 Å². The van der Waals surface area contributed by atoms with Gasteiger partial charge in [0, 0.05) is 16.2 Å². The maximum Gasteiger partial charge on any atom is 0.252 e. The van der Waals surface area contributed by atoms with Gasteiger partial charge in [-0.25, -0.2) is 0 Å². The lowest BCUT2D eigenvalue weighted by Crippen LogP contribution is -2.29. The molecule has 0 saturated heterocycles. The third-order valence-corrected chi connectivity index (χ3v) is 2.94. The van der Waals surface area contributed by atoms with E-state index in [0.717, 1.165) is 15.6 Å². The second-order valence-electron chi connectivity index (χ2n) is 3.50. The van der Waals surface area contributed by atoms with Crippen LogP contribution in [0, 0.1) is 3.57 Å². The summed E-state index contributed by atoms with van der Waals surface area (Å²) in [4.78, 5) is 11.7. The summed E-state index contributed by atoms with van der Waals surface area (Å²) in [6, 6.07) is 7.65. The lowest BCUT2D eigenvalue weighted by molar-refractivity contribution is 0.0952. The van der Waals surface area contributed by atoms with Crippen molar-refractivity contribution < 1.29 is 4.79 Å². The molecule has 0 aliphatic carbocycles. The van der Waals surface area contributed by atoms with Crippen molar-refractivity contribution in [1.82, 2.24) is 5.32 Å². The van der Waals surface area contributed by atoms with Gasteiger partial charge < -0.3 is 11.1 Å². The van der Waals surface area contributed by atoms with Crippen molar-refractivity contribution in [2.75, 3.05) is 6.54 Å². The molecule has 0 saturated carbocycles. The molecule has 15 heavy (non-hydrogen) atoms. The van der Waals surface area contributed by atoms with Crippen LogP contribution in [0.2, 0.25) is 0 Å². The molecule has 0 heterocycles. The molecule has 1 atom stereocenters. The fourth-order valence-corrected chi connectivity index (χ4v) is 1.79. The van der Waals surface area contributed by atoms with Crippen molar-refractivity contribution in [3.8, 4) is 0 Å². The van der Waals surface area contributed by atoms with E-state index < -0.39 is 0 Å². The van der Waals surface area contributed by atoms with Crippen molar-refractivity contribution >= 4 is 28.5 Å². The molecular formula is C11H15IN2O. The van der Waals surface area contributed by atoms with E-state index in [0.29, 0.717) is 6.54 Å². The van der Waals surface area contributed by atoms with Crippen molar-refractivity contribution in [2.24, 2.45) is 5.73 Å². The molecule has 82 valence electrons. The Morgan fingerprint density at radius 2 is 2.20 bits per heavy atom. The fraction of sp³-hybridized carbons (Fsp3) is 0.364. The summed E-state index contributed by atoms with van der Waals surface area (Å²) in [6.45, 7) is 2.56. The number of hydrogen-bond acceptors (Lipinski definition) is 2. The summed E-state index contributed by atoms with van der Waals surface area (Å²) in [5.74, 6) is -0.0272. The number of carbonyl (C=O) groups is 1. The van der Waals surface area contributed by atoms with Gasteiger partial charge >= 0.3 is 0 Å². The third kappa shape index (κ3) is 4.17. The lowest BCUT2D eigenvalue weighted by atomic mass is 10.2. The Bertz CT molecular complexity index is 339. The maximum atomic E-state index is 11.7. The van der Waals surface area contributed by atoms with Crippen LogP contribution in [0.3, 0.4) is 0 Å². The van der Waals surface area contributed by atoms with Crippen LogP contribution in [-0.2, 0) is 0 Å². The molecule has 1 unspecified atom stereocenters. The summed E-state index contributed by atoms with van der Waals surface area (Å²) in [5.41, 5.74) is 6.32. The Kier molecular flexibility index (Phi) is 5.04. The number of nitrogens with one attached hydrogen (secondary N) is 1. The highest BCUT2D eigenvalue weighted by molar-refractivity contribution is 14.1. The van der Waals surface area contributed by atoms with Crippen molar-refractivity contribution in [3.05, 3.63) is 33.4 Å². The van der Waals surface area contributed by atoms with Crippen LogP contribution in [-0.4, -0.2) is 18.5 Å². The molecule has 0 aliphatic rings. The number of benzene rings is 1. The fourth-order valence-electron chi connectivity index (χ4n) is 1.15. The monoisotopic (exact) mass is 318 g/mol. The average Bonchev–Trinajstić information content (AvgIpc) is 2.17. The van der Waals surface area contributed by atoms with Crippen LogP contribution in [0.25, 0.3) is 0 Å². The lowest BCUT2D eigenvalue weighted by Gasteiger charge is -2.08. The molecule has 0 spiro atoms. The molecule has 3 nitrogen and oxygen atoms in total. The molecule has 0 fully saturated rings. The molecular weight excluding hydrogens is 303 g/mol. The van der Waals surface area contributed by atoms with Crippen LogP contribution in [0.15, 0.2) is 24.3 Å². The number of amides is 1. The number of nitrogens with two attached hydrogens (primary N) is 1. The molecule has 0 radical (unpaired) electrons. The van der Waals surface area contributed by atoms with Crippen LogP contribution < -0.4 is 11.1 Å². The van der Waals surface area contributed by atoms with Gasteiger partial charge in [0.25, 0.3) is 5.91 Å². The minimum Gasteiger partial charge on any atom is -0.352 e. The molecule has 0 bridgehead atoms. The Balaban J connectivity index is 2.51. The van der Waals surface area contributed by atoms with E-state index in [1.807, 2.05) is 31.2 Å². The first-order valence-electron chi connectivity index (χ1n) is 4.89. The summed E-state index contributed by atoms with van der Waals surface area (Å²) >= 11 is 2.16. The molecule has 4 heteroatoms. The molecule has 1 aromatic rings. The third-order valence-electron chi connectivity index (χ3n) is 2.00. The van der Waals surface area contributed by atoms with Gasteiger partial charge in [0.05, 0.1) is 5.56 Å². The zero-order valence-corrected chi connectivity index (χ0v) is 10.8. The predicted octanol–water partition coefficient (Wildman–Crippen LogP) is 1.76.